The first kappa shape index (κ1) is 31.4. The molecule has 0 amide bonds. The van der Waals surface area contributed by atoms with E-state index in [0.717, 1.165) is 38.5 Å². The molecule has 0 bridgehead atoms. The van der Waals surface area contributed by atoms with Crippen LogP contribution in [0.1, 0.15) is 99.8 Å². The second-order valence-electron chi connectivity index (χ2n) is 11.9. The van der Waals surface area contributed by atoms with Crippen LogP contribution < -0.4 is 0 Å². The molecule has 0 saturated heterocycles. The molecule has 3 atom stereocenters. The lowest BCUT2D eigenvalue weighted by Gasteiger charge is -2.37. The van der Waals surface area contributed by atoms with Gasteiger partial charge < -0.3 is 10.2 Å². The zero-order valence-electron chi connectivity index (χ0n) is 23.8. The lowest BCUT2D eigenvalue weighted by atomic mass is 9.68. The van der Waals surface area contributed by atoms with Crippen molar-refractivity contribution in [3.8, 4) is 0 Å². The fraction of sp³-hybridized carbons (Fsp3) is 0.636. The van der Waals surface area contributed by atoms with Gasteiger partial charge >= 0.3 is 0 Å². The van der Waals surface area contributed by atoms with Gasteiger partial charge in [-0.2, -0.15) is 0 Å². The van der Waals surface area contributed by atoms with Gasteiger partial charge in [-0.3, -0.25) is 0 Å². The molecule has 2 N–H and O–H groups in total. The lowest BCUT2D eigenvalue weighted by molar-refractivity contribution is -0.159. The van der Waals surface area contributed by atoms with Gasteiger partial charge in [0.05, 0.1) is 0 Å². The van der Waals surface area contributed by atoms with Gasteiger partial charge in [0.1, 0.15) is 0 Å². The molecule has 0 aromatic carbocycles. The molecule has 0 aromatic heterocycles. The van der Waals surface area contributed by atoms with Crippen LogP contribution in [0.4, 0.5) is 0 Å². The van der Waals surface area contributed by atoms with Crippen molar-refractivity contribution in [3.05, 3.63) is 72.4 Å². The summed E-state index contributed by atoms with van der Waals surface area (Å²) in [5.74, 6) is -0.946. The van der Waals surface area contributed by atoms with Gasteiger partial charge in [0, 0.05) is 11.8 Å². The van der Waals surface area contributed by atoms with Crippen molar-refractivity contribution in [2.24, 2.45) is 29.1 Å². The van der Waals surface area contributed by atoms with E-state index in [4.69, 9.17) is 0 Å². The Labute approximate surface area is 217 Å². The Kier molecular flexibility index (Phi) is 13.3. The van der Waals surface area contributed by atoms with Gasteiger partial charge in [0.2, 0.25) is 0 Å². The summed E-state index contributed by atoms with van der Waals surface area (Å²) in [7, 11) is 0. The quantitative estimate of drug-likeness (QED) is 0.180. The normalized spacial score (nSPS) is 22.0. The summed E-state index contributed by atoms with van der Waals surface area (Å²) in [6.45, 7) is 23.1. The Balaban J connectivity index is 3.08. The van der Waals surface area contributed by atoms with Gasteiger partial charge in [0.25, 0.3) is 0 Å². The zero-order valence-corrected chi connectivity index (χ0v) is 23.8. The Morgan fingerprint density at radius 3 is 1.94 bits per heavy atom. The van der Waals surface area contributed by atoms with Crippen molar-refractivity contribution in [3.63, 3.8) is 0 Å². The predicted molar refractivity (Wildman–Crippen MR) is 154 cm³/mol. The van der Waals surface area contributed by atoms with Crippen LogP contribution in [0.25, 0.3) is 0 Å². The zero-order chi connectivity index (χ0) is 26.6. The fourth-order valence-electron chi connectivity index (χ4n) is 5.09. The van der Waals surface area contributed by atoms with E-state index in [0.29, 0.717) is 24.7 Å². The SMILES string of the molecule is C=CC(C)CCC=C(C)CC(CC(C)=CCCC(C)C=C)C(O)(O)C=CC1C(C)=CCCC1(C)C. The van der Waals surface area contributed by atoms with Crippen LogP contribution in [0.2, 0.25) is 0 Å². The topological polar surface area (TPSA) is 40.5 Å². The molecule has 35 heavy (non-hydrogen) atoms. The van der Waals surface area contributed by atoms with E-state index in [1.54, 1.807) is 6.08 Å². The highest BCUT2D eigenvalue weighted by atomic mass is 16.5. The van der Waals surface area contributed by atoms with E-state index in [2.05, 4.69) is 79.9 Å². The summed E-state index contributed by atoms with van der Waals surface area (Å²) >= 11 is 0. The van der Waals surface area contributed by atoms with E-state index in [1.165, 1.54) is 16.7 Å². The van der Waals surface area contributed by atoms with Crippen molar-refractivity contribution in [2.45, 2.75) is 106 Å². The Morgan fingerprint density at radius 2 is 1.51 bits per heavy atom. The fourth-order valence-corrected chi connectivity index (χ4v) is 5.09. The van der Waals surface area contributed by atoms with Crippen LogP contribution in [-0.2, 0) is 0 Å². The van der Waals surface area contributed by atoms with Gasteiger partial charge in [0.15, 0.2) is 5.79 Å². The van der Waals surface area contributed by atoms with Gasteiger partial charge in [-0.25, -0.2) is 0 Å². The smallest absolute Gasteiger partial charge is 0.186 e. The Morgan fingerprint density at radius 1 is 1.03 bits per heavy atom. The largest absolute Gasteiger partial charge is 0.362 e. The first-order valence-electron chi connectivity index (χ1n) is 13.7. The van der Waals surface area contributed by atoms with E-state index in [1.807, 2.05) is 18.2 Å². The molecule has 2 nitrogen and oxygen atoms in total. The van der Waals surface area contributed by atoms with Crippen molar-refractivity contribution in [1.29, 1.82) is 0 Å². The lowest BCUT2D eigenvalue weighted by Crippen LogP contribution is -2.37. The van der Waals surface area contributed by atoms with Crippen molar-refractivity contribution < 1.29 is 10.2 Å². The molecule has 0 fully saturated rings. The molecule has 198 valence electrons. The minimum absolute atomic E-state index is 0.121. The molecule has 1 rings (SSSR count). The van der Waals surface area contributed by atoms with E-state index < -0.39 is 5.79 Å². The summed E-state index contributed by atoms with van der Waals surface area (Å²) in [6, 6.07) is 0. The minimum Gasteiger partial charge on any atom is -0.362 e. The van der Waals surface area contributed by atoms with Gasteiger partial charge in [-0.15, -0.1) is 13.2 Å². The average molecular weight is 483 g/mol. The van der Waals surface area contributed by atoms with E-state index in [9.17, 15) is 10.2 Å². The number of allylic oxidation sites excluding steroid dienone is 9. The van der Waals surface area contributed by atoms with Crippen LogP contribution in [0.15, 0.2) is 72.4 Å². The predicted octanol–water partition coefficient (Wildman–Crippen LogP) is 9.10. The van der Waals surface area contributed by atoms with E-state index in [-0.39, 0.29) is 17.3 Å². The molecular formula is C33H54O2. The van der Waals surface area contributed by atoms with Crippen molar-refractivity contribution >= 4 is 0 Å². The third-order valence-electron chi connectivity index (χ3n) is 7.89. The number of aliphatic hydroxyl groups is 2. The first-order chi connectivity index (χ1) is 16.3. The molecule has 0 heterocycles. The summed E-state index contributed by atoms with van der Waals surface area (Å²) in [6.07, 6.45) is 22.2. The number of hydrogen-bond acceptors (Lipinski definition) is 2. The monoisotopic (exact) mass is 482 g/mol. The molecule has 0 aromatic rings. The van der Waals surface area contributed by atoms with Gasteiger partial charge in [-0.05, 0) is 95.5 Å². The highest BCUT2D eigenvalue weighted by Crippen LogP contribution is 2.42. The minimum atomic E-state index is -1.86. The maximum atomic E-state index is 11.3. The standard InChI is InChI=1S/C33H54O2/c1-10-25(3)15-12-17-27(5)23-30(24-28(6)18-13-16-26(4)11-2)33(34,35)22-20-31-29(7)19-14-21-32(31,8)9/h10-11,17-20,22,25-26,30-31,34-35H,1-2,12-16,21,23-24H2,3-9H3. The molecule has 1 aliphatic rings. The average Bonchev–Trinajstić information content (AvgIpc) is 2.77. The summed E-state index contributed by atoms with van der Waals surface area (Å²) in [5.41, 5.74) is 3.88. The van der Waals surface area contributed by atoms with E-state index >= 15 is 0 Å². The highest BCUT2D eigenvalue weighted by molar-refractivity contribution is 5.21. The maximum absolute atomic E-state index is 11.3. The summed E-state index contributed by atoms with van der Waals surface area (Å²) in [4.78, 5) is 0. The number of rotatable bonds is 15. The Hall–Kier alpha value is -1.64. The summed E-state index contributed by atoms with van der Waals surface area (Å²) in [5, 5.41) is 22.7. The molecule has 0 saturated carbocycles. The number of hydrogen-bond donors (Lipinski definition) is 2. The maximum Gasteiger partial charge on any atom is 0.186 e. The summed E-state index contributed by atoms with van der Waals surface area (Å²) < 4.78 is 0. The van der Waals surface area contributed by atoms with Gasteiger partial charge in [-0.1, -0.05) is 80.9 Å². The van der Waals surface area contributed by atoms with Crippen LogP contribution in [-0.4, -0.2) is 16.0 Å². The van der Waals surface area contributed by atoms with Crippen molar-refractivity contribution in [2.75, 3.05) is 0 Å². The second kappa shape index (κ2) is 14.8. The molecule has 3 unspecified atom stereocenters. The molecular weight excluding hydrogens is 428 g/mol. The van der Waals surface area contributed by atoms with Crippen LogP contribution >= 0.6 is 0 Å². The molecule has 0 aliphatic heterocycles. The molecule has 0 spiro atoms. The third kappa shape index (κ3) is 11.3. The van der Waals surface area contributed by atoms with Crippen LogP contribution in [0, 0.1) is 29.1 Å². The molecule has 2 heteroatoms. The third-order valence-corrected chi connectivity index (χ3v) is 7.89. The molecule has 1 aliphatic carbocycles. The Bertz CT molecular complexity index is 754. The first-order valence-corrected chi connectivity index (χ1v) is 13.7. The van der Waals surface area contributed by atoms with Crippen LogP contribution in [0.5, 0.6) is 0 Å². The van der Waals surface area contributed by atoms with Crippen molar-refractivity contribution in [1.82, 2.24) is 0 Å². The molecule has 0 radical (unpaired) electrons. The second-order valence-corrected chi connectivity index (χ2v) is 11.9. The highest BCUT2D eigenvalue weighted by Gasteiger charge is 2.35. The van der Waals surface area contributed by atoms with Crippen LogP contribution in [0.3, 0.4) is 0 Å².